The van der Waals surface area contributed by atoms with Crippen LogP contribution in [0.3, 0.4) is 0 Å². The van der Waals surface area contributed by atoms with Gasteiger partial charge in [0.2, 0.25) is 0 Å². The van der Waals surface area contributed by atoms with Gasteiger partial charge in [0.1, 0.15) is 5.15 Å². The highest BCUT2D eigenvalue weighted by atomic mass is 35.5. The van der Waals surface area contributed by atoms with E-state index >= 15 is 0 Å². The summed E-state index contributed by atoms with van der Waals surface area (Å²) in [5.74, 6) is 0. The highest BCUT2D eigenvalue weighted by Crippen LogP contribution is 2.11. The monoisotopic (exact) mass is 268 g/mol. The van der Waals surface area contributed by atoms with Gasteiger partial charge >= 0.3 is 0 Å². The molecule has 1 unspecified atom stereocenters. The van der Waals surface area contributed by atoms with Gasteiger partial charge in [0.15, 0.2) is 0 Å². The van der Waals surface area contributed by atoms with Crippen LogP contribution in [0.15, 0.2) is 12.4 Å². The van der Waals surface area contributed by atoms with Gasteiger partial charge in [-0.25, -0.2) is 4.98 Å². The van der Waals surface area contributed by atoms with E-state index < -0.39 is 0 Å². The maximum atomic E-state index is 5.73. The first-order chi connectivity index (χ1) is 8.69. The Bertz CT molecular complexity index is 360. The molecule has 0 radical (unpaired) electrons. The topological polar surface area (TPSA) is 32.3 Å². The minimum absolute atomic E-state index is 0.459. The summed E-state index contributed by atoms with van der Waals surface area (Å²) >= 11 is 5.73. The van der Waals surface area contributed by atoms with E-state index in [0.29, 0.717) is 11.2 Å². The molecule has 1 aliphatic rings. The summed E-state index contributed by atoms with van der Waals surface area (Å²) in [7, 11) is 0. The van der Waals surface area contributed by atoms with Crippen LogP contribution in [0.25, 0.3) is 0 Å². The van der Waals surface area contributed by atoms with Gasteiger partial charge in [-0.15, -0.1) is 0 Å². The maximum Gasteiger partial charge on any atom is 0.147 e. The molecule has 100 valence electrons. The van der Waals surface area contributed by atoms with Crippen LogP contribution >= 0.6 is 11.6 Å². The van der Waals surface area contributed by atoms with Gasteiger partial charge in [-0.1, -0.05) is 18.5 Å². The zero-order chi connectivity index (χ0) is 13.0. The Hall–Kier alpha value is -0.710. The van der Waals surface area contributed by atoms with Crippen LogP contribution in [-0.2, 0) is 6.54 Å². The zero-order valence-electron chi connectivity index (χ0n) is 11.1. The quantitative estimate of drug-likeness (QED) is 0.837. The first-order valence-corrected chi connectivity index (χ1v) is 6.99. The third-order valence-electron chi connectivity index (χ3n) is 3.68. The molecule has 0 spiro atoms. The molecule has 0 N–H and O–H groups in total. The zero-order valence-corrected chi connectivity index (χ0v) is 11.9. The van der Waals surface area contributed by atoms with Crippen LogP contribution in [0, 0.1) is 0 Å². The summed E-state index contributed by atoms with van der Waals surface area (Å²) < 4.78 is 0. The molecule has 0 saturated carbocycles. The van der Waals surface area contributed by atoms with E-state index in [-0.39, 0.29) is 0 Å². The SMILES string of the molecule is CCC(C)N1CCN(Cc2cnc(Cl)cn2)CC1. The Kier molecular flexibility index (Phi) is 4.92. The number of hydrogen-bond acceptors (Lipinski definition) is 4. The van der Waals surface area contributed by atoms with E-state index in [1.54, 1.807) is 12.4 Å². The van der Waals surface area contributed by atoms with Gasteiger partial charge in [0.05, 0.1) is 18.1 Å². The molecule has 1 saturated heterocycles. The standard InChI is InChI=1S/C13H21ClN4/c1-3-11(2)18-6-4-17(5-7-18)10-12-8-16-13(14)9-15-12/h8-9,11H,3-7,10H2,1-2H3. The van der Waals surface area contributed by atoms with Crippen molar-refractivity contribution in [3.05, 3.63) is 23.2 Å². The first-order valence-electron chi connectivity index (χ1n) is 6.62. The molecule has 1 fully saturated rings. The van der Waals surface area contributed by atoms with E-state index in [9.17, 15) is 0 Å². The summed E-state index contributed by atoms with van der Waals surface area (Å²) in [5, 5.41) is 0.459. The third kappa shape index (κ3) is 3.64. The molecule has 2 rings (SSSR count). The summed E-state index contributed by atoms with van der Waals surface area (Å²) in [6.45, 7) is 9.94. The molecule has 0 aliphatic carbocycles. The molecule has 0 amide bonds. The fraction of sp³-hybridized carbons (Fsp3) is 0.692. The van der Waals surface area contributed by atoms with Crippen molar-refractivity contribution in [3.8, 4) is 0 Å². The molecule has 2 heterocycles. The number of aromatic nitrogens is 2. The van der Waals surface area contributed by atoms with Crippen molar-refractivity contribution in [2.24, 2.45) is 0 Å². The van der Waals surface area contributed by atoms with Gasteiger partial charge in [0, 0.05) is 38.8 Å². The Morgan fingerprint density at radius 1 is 1.22 bits per heavy atom. The minimum atomic E-state index is 0.459. The molecule has 4 nitrogen and oxygen atoms in total. The molecule has 0 bridgehead atoms. The number of halogens is 1. The Balaban J connectivity index is 1.81. The number of hydrogen-bond donors (Lipinski definition) is 0. The van der Waals surface area contributed by atoms with Crippen LogP contribution in [0.2, 0.25) is 5.15 Å². The normalized spacial score (nSPS) is 19.9. The van der Waals surface area contributed by atoms with Crippen LogP contribution in [0.1, 0.15) is 26.0 Å². The Labute approximate surface area is 114 Å². The van der Waals surface area contributed by atoms with Crippen LogP contribution in [-0.4, -0.2) is 52.0 Å². The Morgan fingerprint density at radius 2 is 1.94 bits per heavy atom. The van der Waals surface area contributed by atoms with Crippen molar-refractivity contribution >= 4 is 11.6 Å². The molecular weight excluding hydrogens is 248 g/mol. The number of nitrogens with zero attached hydrogens (tertiary/aromatic N) is 4. The van der Waals surface area contributed by atoms with Crippen LogP contribution < -0.4 is 0 Å². The van der Waals surface area contributed by atoms with Crippen molar-refractivity contribution in [2.75, 3.05) is 26.2 Å². The van der Waals surface area contributed by atoms with E-state index in [4.69, 9.17) is 11.6 Å². The largest absolute Gasteiger partial charge is 0.298 e. The van der Waals surface area contributed by atoms with E-state index in [1.165, 1.54) is 6.42 Å². The van der Waals surface area contributed by atoms with Gasteiger partial charge in [-0.2, -0.15) is 0 Å². The molecule has 5 heteroatoms. The van der Waals surface area contributed by atoms with Gasteiger partial charge in [-0.3, -0.25) is 14.8 Å². The van der Waals surface area contributed by atoms with Crippen molar-refractivity contribution < 1.29 is 0 Å². The predicted octanol–water partition coefficient (Wildman–Crippen LogP) is 2.05. The average Bonchev–Trinajstić information content (AvgIpc) is 2.41. The van der Waals surface area contributed by atoms with Gasteiger partial charge in [0.25, 0.3) is 0 Å². The third-order valence-corrected chi connectivity index (χ3v) is 3.88. The smallest absolute Gasteiger partial charge is 0.147 e. The summed E-state index contributed by atoms with van der Waals surface area (Å²) in [6, 6.07) is 0.697. The fourth-order valence-electron chi connectivity index (χ4n) is 2.27. The second-order valence-electron chi connectivity index (χ2n) is 4.90. The molecular formula is C13H21ClN4. The molecule has 0 aromatic carbocycles. The molecule has 1 aromatic heterocycles. The minimum Gasteiger partial charge on any atom is -0.298 e. The lowest BCUT2D eigenvalue weighted by Crippen LogP contribution is -2.49. The highest BCUT2D eigenvalue weighted by molar-refractivity contribution is 6.29. The van der Waals surface area contributed by atoms with Gasteiger partial charge in [-0.05, 0) is 13.3 Å². The summed E-state index contributed by atoms with van der Waals surface area (Å²) in [6.07, 6.45) is 4.61. The first kappa shape index (κ1) is 13.7. The number of rotatable bonds is 4. The van der Waals surface area contributed by atoms with Crippen molar-refractivity contribution in [1.29, 1.82) is 0 Å². The molecule has 1 aliphatic heterocycles. The molecule has 1 atom stereocenters. The van der Waals surface area contributed by atoms with E-state index in [1.807, 2.05) is 0 Å². The lowest BCUT2D eigenvalue weighted by atomic mass is 10.2. The maximum absolute atomic E-state index is 5.73. The van der Waals surface area contributed by atoms with Crippen LogP contribution in [0.5, 0.6) is 0 Å². The average molecular weight is 269 g/mol. The lowest BCUT2D eigenvalue weighted by molar-refractivity contribution is 0.0955. The fourth-order valence-corrected chi connectivity index (χ4v) is 2.37. The van der Waals surface area contributed by atoms with Crippen LogP contribution in [0.4, 0.5) is 0 Å². The molecule has 18 heavy (non-hydrogen) atoms. The number of piperazine rings is 1. The molecule has 1 aromatic rings. The second-order valence-corrected chi connectivity index (χ2v) is 5.29. The second kappa shape index (κ2) is 6.45. The van der Waals surface area contributed by atoms with E-state index in [0.717, 1.165) is 38.4 Å². The van der Waals surface area contributed by atoms with Crippen molar-refractivity contribution in [3.63, 3.8) is 0 Å². The van der Waals surface area contributed by atoms with Crippen molar-refractivity contribution in [2.45, 2.75) is 32.9 Å². The van der Waals surface area contributed by atoms with Crippen molar-refractivity contribution in [1.82, 2.24) is 19.8 Å². The van der Waals surface area contributed by atoms with Gasteiger partial charge < -0.3 is 0 Å². The Morgan fingerprint density at radius 3 is 2.50 bits per heavy atom. The summed E-state index contributed by atoms with van der Waals surface area (Å²) in [5.41, 5.74) is 0.997. The highest BCUT2D eigenvalue weighted by Gasteiger charge is 2.20. The predicted molar refractivity (Wildman–Crippen MR) is 73.6 cm³/mol. The van der Waals surface area contributed by atoms with E-state index in [2.05, 4.69) is 33.6 Å². The summed E-state index contributed by atoms with van der Waals surface area (Å²) in [4.78, 5) is 13.3. The lowest BCUT2D eigenvalue weighted by Gasteiger charge is -2.37.